The first-order chi connectivity index (χ1) is 12.7. The Balaban J connectivity index is 1.65. The maximum Gasteiger partial charge on any atom is 0.340 e. The number of ether oxygens (including phenoxy) is 1. The molecule has 132 valence electrons. The van der Waals surface area contributed by atoms with Crippen LogP contribution in [-0.4, -0.2) is 23.9 Å². The molecule has 0 aromatic heterocycles. The summed E-state index contributed by atoms with van der Waals surface area (Å²) in [6.45, 7) is 0. The smallest absolute Gasteiger partial charge is 0.340 e. The van der Waals surface area contributed by atoms with Crippen LogP contribution in [0.2, 0.25) is 0 Å². The molecule has 1 aliphatic carbocycles. The highest BCUT2D eigenvalue weighted by molar-refractivity contribution is 6.35. The third kappa shape index (κ3) is 2.79. The van der Waals surface area contributed by atoms with E-state index >= 15 is 0 Å². The van der Waals surface area contributed by atoms with Crippen LogP contribution < -0.4 is 4.90 Å². The van der Waals surface area contributed by atoms with E-state index in [0.717, 1.165) is 30.6 Å². The second kappa shape index (κ2) is 6.75. The van der Waals surface area contributed by atoms with Crippen LogP contribution in [0.4, 0.5) is 5.69 Å². The molecule has 0 saturated heterocycles. The van der Waals surface area contributed by atoms with Crippen LogP contribution in [0.3, 0.4) is 0 Å². The van der Waals surface area contributed by atoms with E-state index in [-0.39, 0.29) is 17.4 Å². The number of fused-ring (bicyclic) bond motifs is 1. The first-order valence-corrected chi connectivity index (χ1v) is 8.94. The van der Waals surface area contributed by atoms with Gasteiger partial charge in [-0.2, -0.15) is 0 Å². The molecule has 0 radical (unpaired) electrons. The molecule has 0 bridgehead atoms. The van der Waals surface area contributed by atoms with Gasteiger partial charge < -0.3 is 4.74 Å². The molecule has 0 unspecified atom stereocenters. The van der Waals surface area contributed by atoms with Gasteiger partial charge >= 0.3 is 5.97 Å². The molecule has 0 atom stereocenters. The molecule has 26 heavy (non-hydrogen) atoms. The molecule has 0 N–H and O–H groups in total. The van der Waals surface area contributed by atoms with E-state index in [1.807, 2.05) is 0 Å². The summed E-state index contributed by atoms with van der Waals surface area (Å²) in [5.74, 6) is -1.31. The van der Waals surface area contributed by atoms with Gasteiger partial charge in [0.05, 0.1) is 22.4 Å². The maximum absolute atomic E-state index is 12.7. The van der Waals surface area contributed by atoms with Crippen LogP contribution in [0, 0.1) is 0 Å². The predicted molar refractivity (Wildman–Crippen MR) is 96.3 cm³/mol. The number of carbonyl (C=O) groups is 3. The van der Waals surface area contributed by atoms with E-state index in [0.29, 0.717) is 11.1 Å². The van der Waals surface area contributed by atoms with Crippen molar-refractivity contribution in [2.24, 2.45) is 0 Å². The highest BCUT2D eigenvalue weighted by Gasteiger charge is 2.38. The predicted octanol–water partition coefficient (Wildman–Crippen LogP) is 3.98. The fourth-order valence-electron chi connectivity index (χ4n) is 3.65. The molecule has 1 aliphatic heterocycles. The number of hydrogen-bond donors (Lipinski definition) is 0. The van der Waals surface area contributed by atoms with Gasteiger partial charge in [0.25, 0.3) is 11.8 Å². The summed E-state index contributed by atoms with van der Waals surface area (Å²) in [5, 5.41) is 0. The average Bonchev–Trinajstić information content (AvgIpc) is 2.93. The highest BCUT2D eigenvalue weighted by atomic mass is 16.5. The molecule has 5 heteroatoms. The SMILES string of the molecule is O=C(OC1CCCCC1)c1ccccc1N1C(=O)c2ccccc2C1=O. The van der Waals surface area contributed by atoms with E-state index in [9.17, 15) is 14.4 Å². The zero-order valence-electron chi connectivity index (χ0n) is 14.3. The number of rotatable bonds is 3. The number of nitrogens with zero attached hydrogens (tertiary/aromatic N) is 1. The summed E-state index contributed by atoms with van der Waals surface area (Å²) < 4.78 is 5.64. The van der Waals surface area contributed by atoms with Crippen molar-refractivity contribution in [3.05, 3.63) is 65.2 Å². The van der Waals surface area contributed by atoms with Crippen LogP contribution in [-0.2, 0) is 4.74 Å². The molecule has 2 amide bonds. The average molecular weight is 349 g/mol. The van der Waals surface area contributed by atoms with Gasteiger partial charge in [-0.25, -0.2) is 9.69 Å². The van der Waals surface area contributed by atoms with E-state index < -0.39 is 17.8 Å². The quantitative estimate of drug-likeness (QED) is 0.621. The van der Waals surface area contributed by atoms with Crippen molar-refractivity contribution < 1.29 is 19.1 Å². The van der Waals surface area contributed by atoms with Crippen molar-refractivity contribution >= 4 is 23.5 Å². The van der Waals surface area contributed by atoms with E-state index in [2.05, 4.69) is 0 Å². The Bertz CT molecular complexity index is 848. The van der Waals surface area contributed by atoms with Gasteiger partial charge in [-0.05, 0) is 49.9 Å². The minimum atomic E-state index is -0.482. The Labute approximate surface area is 151 Å². The Morgan fingerprint density at radius 3 is 2.08 bits per heavy atom. The van der Waals surface area contributed by atoms with Gasteiger partial charge in [-0.3, -0.25) is 9.59 Å². The topological polar surface area (TPSA) is 63.7 Å². The number of hydrogen-bond acceptors (Lipinski definition) is 4. The lowest BCUT2D eigenvalue weighted by Crippen LogP contribution is -2.31. The molecular formula is C21H19NO4. The Morgan fingerprint density at radius 2 is 1.42 bits per heavy atom. The largest absolute Gasteiger partial charge is 0.459 e. The molecule has 2 aromatic rings. The van der Waals surface area contributed by atoms with E-state index in [4.69, 9.17) is 4.74 Å². The fraction of sp³-hybridized carbons (Fsp3) is 0.286. The number of esters is 1. The highest BCUT2D eigenvalue weighted by Crippen LogP contribution is 2.31. The van der Waals surface area contributed by atoms with Gasteiger partial charge in [0, 0.05) is 0 Å². The molecule has 0 spiro atoms. The van der Waals surface area contributed by atoms with Crippen LogP contribution >= 0.6 is 0 Å². The zero-order valence-corrected chi connectivity index (χ0v) is 14.3. The number of amides is 2. The summed E-state index contributed by atoms with van der Waals surface area (Å²) in [6, 6.07) is 13.3. The van der Waals surface area contributed by atoms with Crippen LogP contribution in [0.25, 0.3) is 0 Å². The summed E-state index contributed by atoms with van der Waals surface area (Å²) in [7, 11) is 0. The fourth-order valence-corrected chi connectivity index (χ4v) is 3.65. The number of anilines is 1. The number of imide groups is 1. The lowest BCUT2D eigenvalue weighted by Gasteiger charge is -2.23. The minimum Gasteiger partial charge on any atom is -0.459 e. The van der Waals surface area contributed by atoms with Crippen molar-refractivity contribution in [1.82, 2.24) is 0 Å². The third-order valence-corrected chi connectivity index (χ3v) is 4.98. The van der Waals surface area contributed by atoms with Gasteiger partial charge in [0.15, 0.2) is 0 Å². The Hall–Kier alpha value is -2.95. The maximum atomic E-state index is 12.7. The van der Waals surface area contributed by atoms with Gasteiger partial charge in [0.1, 0.15) is 6.10 Å². The first kappa shape index (κ1) is 16.5. The van der Waals surface area contributed by atoms with Crippen LogP contribution in [0.5, 0.6) is 0 Å². The van der Waals surface area contributed by atoms with Gasteiger partial charge in [-0.15, -0.1) is 0 Å². The van der Waals surface area contributed by atoms with Crippen molar-refractivity contribution in [1.29, 1.82) is 0 Å². The van der Waals surface area contributed by atoms with Crippen LogP contribution in [0.15, 0.2) is 48.5 Å². The molecule has 2 aliphatic rings. The second-order valence-corrected chi connectivity index (χ2v) is 6.67. The van der Waals surface area contributed by atoms with E-state index in [1.54, 1.807) is 48.5 Å². The normalized spacial score (nSPS) is 17.3. The Morgan fingerprint density at radius 1 is 0.846 bits per heavy atom. The molecule has 1 fully saturated rings. The minimum absolute atomic E-state index is 0.0912. The third-order valence-electron chi connectivity index (χ3n) is 4.98. The first-order valence-electron chi connectivity index (χ1n) is 8.94. The number of carbonyl (C=O) groups excluding carboxylic acids is 3. The van der Waals surface area contributed by atoms with Gasteiger partial charge in [0.2, 0.25) is 0 Å². The second-order valence-electron chi connectivity index (χ2n) is 6.67. The van der Waals surface area contributed by atoms with Crippen molar-refractivity contribution in [3.8, 4) is 0 Å². The number of para-hydroxylation sites is 1. The molecule has 2 aromatic carbocycles. The molecular weight excluding hydrogens is 330 g/mol. The Kier molecular flexibility index (Phi) is 4.29. The number of benzene rings is 2. The molecule has 1 heterocycles. The summed E-state index contributed by atoms with van der Waals surface area (Å²) >= 11 is 0. The van der Waals surface area contributed by atoms with Crippen LogP contribution in [0.1, 0.15) is 63.2 Å². The van der Waals surface area contributed by atoms with Crippen molar-refractivity contribution in [2.45, 2.75) is 38.2 Å². The lowest BCUT2D eigenvalue weighted by molar-refractivity contribution is 0.0212. The van der Waals surface area contributed by atoms with Crippen molar-refractivity contribution in [3.63, 3.8) is 0 Å². The summed E-state index contributed by atoms with van der Waals surface area (Å²) in [4.78, 5) is 39.2. The lowest BCUT2D eigenvalue weighted by atomic mass is 9.98. The standard InChI is InChI=1S/C21H19NO4/c23-19-15-10-4-5-11-16(15)20(24)22(19)18-13-7-6-12-17(18)21(25)26-14-8-2-1-3-9-14/h4-7,10-14H,1-3,8-9H2. The zero-order chi connectivity index (χ0) is 18.1. The molecule has 4 rings (SSSR count). The molecule has 5 nitrogen and oxygen atoms in total. The monoisotopic (exact) mass is 349 g/mol. The van der Waals surface area contributed by atoms with E-state index in [1.165, 1.54) is 6.42 Å². The molecule has 1 saturated carbocycles. The van der Waals surface area contributed by atoms with Gasteiger partial charge in [-0.1, -0.05) is 30.7 Å². The summed E-state index contributed by atoms with van der Waals surface area (Å²) in [5.41, 5.74) is 1.23. The van der Waals surface area contributed by atoms with Crippen molar-refractivity contribution in [2.75, 3.05) is 4.90 Å². The summed E-state index contributed by atoms with van der Waals surface area (Å²) in [6.07, 6.45) is 4.91.